The molecule has 122 valence electrons. The van der Waals surface area contributed by atoms with E-state index in [4.69, 9.17) is 23.2 Å². The second-order valence-corrected chi connectivity index (χ2v) is 6.06. The zero-order valence-corrected chi connectivity index (χ0v) is 14.5. The van der Waals surface area contributed by atoms with Crippen molar-refractivity contribution < 1.29 is 9.90 Å². The maximum absolute atomic E-state index is 12.0. The minimum atomic E-state index is -1.04. The number of hydrogen-bond acceptors (Lipinski definition) is 2. The van der Waals surface area contributed by atoms with Crippen LogP contribution in [0.1, 0.15) is 28.5 Å². The fraction of sp³-hybridized carbons (Fsp3) is 0.158. The van der Waals surface area contributed by atoms with Crippen molar-refractivity contribution in [3.05, 3.63) is 64.3 Å². The number of carboxylic acids is 1. The van der Waals surface area contributed by atoms with Gasteiger partial charge >= 0.3 is 5.97 Å². The van der Waals surface area contributed by atoms with Crippen LogP contribution in [0.4, 0.5) is 0 Å². The summed E-state index contributed by atoms with van der Waals surface area (Å²) in [5.41, 5.74) is 3.54. The number of nitrogens with zero attached hydrogens (tertiary/aromatic N) is 1. The Kier molecular flexibility index (Phi) is 4.74. The summed E-state index contributed by atoms with van der Waals surface area (Å²) in [6, 6.07) is 13.0. The predicted octanol–water partition coefficient (Wildman–Crippen LogP) is 5.55. The third kappa shape index (κ3) is 2.74. The smallest absolute Gasteiger partial charge is 0.338 e. The van der Waals surface area contributed by atoms with E-state index < -0.39 is 5.97 Å². The first-order valence-electron chi connectivity index (χ1n) is 7.57. The van der Waals surface area contributed by atoms with Gasteiger partial charge in [-0.2, -0.15) is 0 Å². The van der Waals surface area contributed by atoms with E-state index >= 15 is 0 Å². The number of aromatic carboxylic acids is 1. The lowest BCUT2D eigenvalue weighted by atomic mass is 9.91. The number of hydrogen-bond donors (Lipinski definition) is 1. The molecule has 1 heterocycles. The maximum atomic E-state index is 12.0. The molecule has 0 saturated heterocycles. The van der Waals surface area contributed by atoms with Gasteiger partial charge in [0.1, 0.15) is 0 Å². The molecule has 0 aliphatic rings. The molecular formula is C19H15Cl2NO2. The Morgan fingerprint density at radius 2 is 1.88 bits per heavy atom. The third-order valence-corrected chi connectivity index (χ3v) is 4.64. The van der Waals surface area contributed by atoms with Gasteiger partial charge in [0.05, 0.1) is 22.7 Å². The maximum Gasteiger partial charge on any atom is 0.338 e. The van der Waals surface area contributed by atoms with Gasteiger partial charge in [0.25, 0.3) is 0 Å². The van der Waals surface area contributed by atoms with Crippen LogP contribution in [0, 0.1) is 0 Å². The lowest BCUT2D eigenvalue weighted by Crippen LogP contribution is -2.08. The Labute approximate surface area is 149 Å². The van der Waals surface area contributed by atoms with Gasteiger partial charge < -0.3 is 5.11 Å². The molecule has 0 unspecified atom stereocenters. The summed E-state index contributed by atoms with van der Waals surface area (Å²) < 4.78 is 0. The number of rotatable bonds is 4. The van der Waals surface area contributed by atoms with Crippen molar-refractivity contribution in [1.82, 2.24) is 4.98 Å². The second-order valence-electron chi connectivity index (χ2n) is 5.39. The molecule has 0 aliphatic heterocycles. The van der Waals surface area contributed by atoms with Gasteiger partial charge in [-0.25, -0.2) is 4.79 Å². The largest absolute Gasteiger partial charge is 0.478 e. The highest BCUT2D eigenvalue weighted by atomic mass is 35.5. The number of pyridine rings is 1. The monoisotopic (exact) mass is 359 g/mol. The predicted molar refractivity (Wildman–Crippen MR) is 98.1 cm³/mol. The van der Waals surface area contributed by atoms with Crippen LogP contribution in [-0.4, -0.2) is 16.1 Å². The van der Waals surface area contributed by atoms with E-state index in [-0.39, 0.29) is 11.4 Å². The molecule has 0 atom stereocenters. The van der Waals surface area contributed by atoms with Crippen LogP contribution in [0.2, 0.25) is 5.02 Å². The minimum Gasteiger partial charge on any atom is -0.478 e. The van der Waals surface area contributed by atoms with Crippen LogP contribution in [0.3, 0.4) is 0 Å². The molecule has 3 aromatic rings. The van der Waals surface area contributed by atoms with Crippen LogP contribution in [0.15, 0.2) is 42.5 Å². The fourth-order valence-electron chi connectivity index (χ4n) is 3.02. The number of alkyl halides is 1. The molecule has 0 amide bonds. The molecule has 1 aromatic heterocycles. The van der Waals surface area contributed by atoms with Crippen LogP contribution in [0.25, 0.3) is 22.0 Å². The van der Waals surface area contributed by atoms with E-state index in [0.29, 0.717) is 28.2 Å². The van der Waals surface area contributed by atoms with Crippen LogP contribution in [0.5, 0.6) is 0 Å². The van der Waals surface area contributed by atoms with Crippen LogP contribution < -0.4 is 0 Å². The molecule has 3 rings (SSSR count). The van der Waals surface area contributed by atoms with E-state index in [0.717, 1.165) is 16.5 Å². The second kappa shape index (κ2) is 6.80. The number of carboxylic acid groups (broad SMARTS) is 1. The van der Waals surface area contributed by atoms with Crippen molar-refractivity contribution in [3.8, 4) is 11.1 Å². The zero-order chi connectivity index (χ0) is 17.3. The van der Waals surface area contributed by atoms with Gasteiger partial charge in [-0.05, 0) is 29.7 Å². The molecule has 0 bridgehead atoms. The van der Waals surface area contributed by atoms with Crippen molar-refractivity contribution in [2.45, 2.75) is 19.2 Å². The van der Waals surface area contributed by atoms with Crippen molar-refractivity contribution in [1.29, 1.82) is 0 Å². The first-order chi connectivity index (χ1) is 11.6. The lowest BCUT2D eigenvalue weighted by Gasteiger charge is -2.17. The molecule has 3 nitrogen and oxygen atoms in total. The highest BCUT2D eigenvalue weighted by molar-refractivity contribution is 6.32. The van der Waals surface area contributed by atoms with Crippen molar-refractivity contribution in [3.63, 3.8) is 0 Å². The summed E-state index contributed by atoms with van der Waals surface area (Å²) in [6.07, 6.45) is 0.678. The molecule has 0 spiro atoms. The van der Waals surface area contributed by atoms with Crippen LogP contribution >= 0.6 is 23.2 Å². The van der Waals surface area contributed by atoms with Crippen molar-refractivity contribution in [2.24, 2.45) is 0 Å². The summed E-state index contributed by atoms with van der Waals surface area (Å²) in [7, 11) is 0. The Morgan fingerprint density at radius 3 is 2.46 bits per heavy atom. The van der Waals surface area contributed by atoms with E-state index in [2.05, 4.69) is 4.98 Å². The fourth-order valence-corrected chi connectivity index (χ4v) is 3.50. The number of aromatic nitrogens is 1. The van der Waals surface area contributed by atoms with Crippen molar-refractivity contribution >= 4 is 40.1 Å². The van der Waals surface area contributed by atoms with Gasteiger partial charge in [0.15, 0.2) is 0 Å². The Bertz CT molecular complexity index is 924. The molecule has 24 heavy (non-hydrogen) atoms. The molecule has 0 radical (unpaired) electrons. The van der Waals surface area contributed by atoms with Crippen molar-refractivity contribution in [2.75, 3.05) is 0 Å². The SMILES string of the molecule is CCc1c(Cl)ccc2nc(CCl)c(C(=O)O)c(-c3ccccc3)c12. The molecule has 0 fully saturated rings. The summed E-state index contributed by atoms with van der Waals surface area (Å²) in [6.45, 7) is 1.99. The zero-order valence-electron chi connectivity index (χ0n) is 13.0. The quantitative estimate of drug-likeness (QED) is 0.620. The molecule has 1 N–H and O–H groups in total. The number of fused-ring (bicyclic) bond motifs is 1. The average Bonchev–Trinajstić information content (AvgIpc) is 2.60. The first-order valence-corrected chi connectivity index (χ1v) is 8.48. The van der Waals surface area contributed by atoms with E-state index in [1.54, 1.807) is 6.07 Å². The molecular weight excluding hydrogens is 345 g/mol. The standard InChI is InChI=1S/C19H15Cl2NO2/c1-2-12-13(21)8-9-14-17(12)16(11-6-4-3-5-7-11)18(19(23)24)15(10-20)22-14/h3-9H,2,10H2,1H3,(H,23,24). The van der Waals surface area contributed by atoms with Gasteiger partial charge in [-0.3, -0.25) is 4.98 Å². The topological polar surface area (TPSA) is 50.2 Å². The minimum absolute atomic E-state index is 0.0293. The highest BCUT2D eigenvalue weighted by Crippen LogP contribution is 2.38. The number of carbonyl (C=O) groups is 1. The number of benzene rings is 2. The van der Waals surface area contributed by atoms with E-state index in [1.165, 1.54) is 0 Å². The highest BCUT2D eigenvalue weighted by Gasteiger charge is 2.23. The summed E-state index contributed by atoms with van der Waals surface area (Å²) in [5.74, 6) is -1.01. The molecule has 5 heteroatoms. The number of aryl methyl sites for hydroxylation is 1. The van der Waals surface area contributed by atoms with Gasteiger partial charge in [0, 0.05) is 16.0 Å². The van der Waals surface area contributed by atoms with Gasteiger partial charge in [0.2, 0.25) is 0 Å². The lowest BCUT2D eigenvalue weighted by molar-refractivity contribution is 0.0696. The van der Waals surface area contributed by atoms with E-state index in [1.807, 2.05) is 43.3 Å². The molecule has 2 aromatic carbocycles. The Morgan fingerprint density at radius 1 is 1.17 bits per heavy atom. The average molecular weight is 360 g/mol. The Hall–Kier alpha value is -2.10. The van der Waals surface area contributed by atoms with Crippen LogP contribution in [-0.2, 0) is 12.3 Å². The summed E-state index contributed by atoms with van der Waals surface area (Å²) >= 11 is 12.4. The summed E-state index contributed by atoms with van der Waals surface area (Å²) in [5, 5.41) is 11.2. The Balaban J connectivity index is 2.58. The molecule has 0 aliphatic carbocycles. The van der Waals surface area contributed by atoms with Gasteiger partial charge in [-0.1, -0.05) is 48.9 Å². The third-order valence-electron chi connectivity index (χ3n) is 4.03. The van der Waals surface area contributed by atoms with Gasteiger partial charge in [-0.15, -0.1) is 11.6 Å². The summed E-state index contributed by atoms with van der Waals surface area (Å²) in [4.78, 5) is 16.5. The van der Waals surface area contributed by atoms with E-state index in [9.17, 15) is 9.90 Å². The normalized spacial score (nSPS) is 11.0. The first kappa shape index (κ1) is 16.7. The molecule has 0 saturated carbocycles. The number of halogens is 2.